The molecule has 2 aliphatic rings. The lowest BCUT2D eigenvalue weighted by molar-refractivity contribution is 0.325. The molecule has 1 fully saturated rings. The number of likely N-dealkylation sites (tertiary alicyclic amines) is 1. The molecule has 1 atom stereocenters. The van der Waals surface area contributed by atoms with E-state index in [1.54, 1.807) is 41.7 Å². The highest BCUT2D eigenvalue weighted by Crippen LogP contribution is 2.35. The predicted octanol–water partition coefficient (Wildman–Crippen LogP) is 3.08. The van der Waals surface area contributed by atoms with E-state index in [4.69, 9.17) is 16.3 Å². The van der Waals surface area contributed by atoms with Crippen LogP contribution in [0.3, 0.4) is 0 Å². The third-order valence-corrected chi connectivity index (χ3v) is 7.48. The first-order valence-electron chi connectivity index (χ1n) is 10.9. The van der Waals surface area contributed by atoms with Gasteiger partial charge in [-0.15, -0.1) is 0 Å². The van der Waals surface area contributed by atoms with Crippen molar-refractivity contribution in [3.63, 3.8) is 0 Å². The maximum absolute atomic E-state index is 12.1. The summed E-state index contributed by atoms with van der Waals surface area (Å²) in [5.41, 5.74) is 3.66. The number of hydrogen-bond donors (Lipinski definition) is 1. The zero-order valence-corrected chi connectivity index (χ0v) is 19.6. The van der Waals surface area contributed by atoms with E-state index in [2.05, 4.69) is 26.3 Å². The van der Waals surface area contributed by atoms with Crippen molar-refractivity contribution in [2.45, 2.75) is 24.3 Å². The highest BCUT2D eigenvalue weighted by atomic mass is 35.5. The molecule has 0 amide bonds. The van der Waals surface area contributed by atoms with Gasteiger partial charge >= 0.3 is 0 Å². The molecule has 0 aromatic carbocycles. The van der Waals surface area contributed by atoms with Crippen LogP contribution < -0.4 is 15.6 Å². The number of nitrogens with one attached hydrogen (secondary N) is 1. The number of thioether (sulfide) groups is 1. The molecule has 32 heavy (non-hydrogen) atoms. The summed E-state index contributed by atoms with van der Waals surface area (Å²) < 4.78 is 7.15. The standard InChI is InChI=1S/C23H26ClN5O2S/c1-28-22(30)3-2-19-23(28)17(18(24)11-27-19)5-7-29-6-4-15(13-29)9-25-10-16-8-21-20(12-26-16)31-14-32-21/h2-3,8,11-12,15,25H,4-7,9-10,13-14H2,1H3/t15-/m1/s1. The van der Waals surface area contributed by atoms with E-state index in [0.717, 1.165) is 67.2 Å². The lowest BCUT2D eigenvalue weighted by atomic mass is 10.1. The molecule has 2 aliphatic heterocycles. The van der Waals surface area contributed by atoms with Gasteiger partial charge in [0.05, 0.1) is 32.8 Å². The van der Waals surface area contributed by atoms with Gasteiger partial charge in [-0.3, -0.25) is 14.8 Å². The number of aryl methyl sites for hydroxylation is 1. The summed E-state index contributed by atoms with van der Waals surface area (Å²) in [7, 11) is 1.78. The Morgan fingerprint density at radius 1 is 1.31 bits per heavy atom. The van der Waals surface area contributed by atoms with Crippen LogP contribution in [0.4, 0.5) is 0 Å². The minimum Gasteiger partial charge on any atom is -0.480 e. The van der Waals surface area contributed by atoms with Crippen molar-refractivity contribution in [3.05, 3.63) is 57.2 Å². The normalized spacial score (nSPS) is 18.2. The first-order valence-corrected chi connectivity index (χ1v) is 12.3. The van der Waals surface area contributed by atoms with E-state index < -0.39 is 0 Å². The molecule has 168 valence electrons. The number of nitrogens with zero attached hydrogens (tertiary/aromatic N) is 4. The first-order chi connectivity index (χ1) is 15.6. The number of halogens is 1. The van der Waals surface area contributed by atoms with E-state index >= 15 is 0 Å². The zero-order valence-electron chi connectivity index (χ0n) is 18.0. The van der Waals surface area contributed by atoms with Gasteiger partial charge in [0.25, 0.3) is 5.56 Å². The molecule has 1 saturated heterocycles. The quantitative estimate of drug-likeness (QED) is 0.567. The number of pyridine rings is 3. The van der Waals surface area contributed by atoms with Crippen LogP contribution in [-0.4, -0.2) is 51.6 Å². The van der Waals surface area contributed by atoms with Gasteiger partial charge in [0, 0.05) is 38.9 Å². The zero-order chi connectivity index (χ0) is 22.1. The molecule has 7 nitrogen and oxygen atoms in total. The van der Waals surface area contributed by atoms with Crippen molar-refractivity contribution in [1.29, 1.82) is 0 Å². The minimum absolute atomic E-state index is 0.0425. The molecule has 3 aromatic rings. The number of aromatic nitrogens is 3. The van der Waals surface area contributed by atoms with Gasteiger partial charge in [0.1, 0.15) is 5.94 Å². The van der Waals surface area contributed by atoms with Gasteiger partial charge in [-0.2, -0.15) is 0 Å². The second-order valence-electron chi connectivity index (χ2n) is 8.41. The van der Waals surface area contributed by atoms with Crippen molar-refractivity contribution >= 4 is 34.4 Å². The molecular weight excluding hydrogens is 446 g/mol. The Balaban J connectivity index is 1.15. The van der Waals surface area contributed by atoms with Crippen LogP contribution >= 0.6 is 23.4 Å². The summed E-state index contributed by atoms with van der Waals surface area (Å²) in [6.45, 7) is 4.82. The lowest BCUT2D eigenvalue weighted by Crippen LogP contribution is -2.28. The first kappa shape index (κ1) is 21.7. The second-order valence-corrected chi connectivity index (χ2v) is 9.79. The van der Waals surface area contributed by atoms with Crippen LogP contribution in [0.2, 0.25) is 5.02 Å². The molecule has 3 aromatic heterocycles. The van der Waals surface area contributed by atoms with Crippen LogP contribution in [0.5, 0.6) is 5.75 Å². The summed E-state index contributed by atoms with van der Waals surface area (Å²) >= 11 is 8.20. The Labute approximate surface area is 196 Å². The Morgan fingerprint density at radius 2 is 2.22 bits per heavy atom. The highest BCUT2D eigenvalue weighted by molar-refractivity contribution is 7.99. The number of hydrogen-bond acceptors (Lipinski definition) is 7. The molecule has 0 aliphatic carbocycles. The third kappa shape index (κ3) is 4.50. The molecule has 1 N–H and O–H groups in total. The van der Waals surface area contributed by atoms with Crippen LogP contribution in [0.25, 0.3) is 11.0 Å². The number of ether oxygens (including phenoxy) is 1. The molecule has 9 heteroatoms. The average Bonchev–Trinajstić information content (AvgIpc) is 3.45. The van der Waals surface area contributed by atoms with E-state index in [9.17, 15) is 4.79 Å². The van der Waals surface area contributed by atoms with Crippen molar-refractivity contribution in [2.24, 2.45) is 13.0 Å². The van der Waals surface area contributed by atoms with Crippen LogP contribution in [-0.2, 0) is 20.0 Å². The molecule has 0 spiro atoms. The number of rotatable bonds is 7. The maximum Gasteiger partial charge on any atom is 0.250 e. The van der Waals surface area contributed by atoms with Gasteiger partial charge in [-0.1, -0.05) is 23.4 Å². The molecule has 5 rings (SSSR count). The van der Waals surface area contributed by atoms with Crippen LogP contribution in [0.1, 0.15) is 17.7 Å². The van der Waals surface area contributed by atoms with Gasteiger partial charge in [0.2, 0.25) is 0 Å². The van der Waals surface area contributed by atoms with Crippen LogP contribution in [0.15, 0.2) is 40.3 Å². The fraction of sp³-hybridized carbons (Fsp3) is 0.435. The van der Waals surface area contributed by atoms with E-state index in [0.29, 0.717) is 16.9 Å². The highest BCUT2D eigenvalue weighted by Gasteiger charge is 2.23. The minimum atomic E-state index is -0.0425. The van der Waals surface area contributed by atoms with E-state index in [1.807, 2.05) is 6.20 Å². The molecular formula is C23H26ClN5O2S. The molecule has 0 unspecified atom stereocenters. The van der Waals surface area contributed by atoms with E-state index in [1.165, 1.54) is 11.3 Å². The lowest BCUT2D eigenvalue weighted by Gasteiger charge is -2.18. The Bertz CT molecular complexity index is 1200. The van der Waals surface area contributed by atoms with E-state index in [-0.39, 0.29) is 5.56 Å². The summed E-state index contributed by atoms with van der Waals surface area (Å²) in [6, 6.07) is 5.45. The number of fused-ring (bicyclic) bond motifs is 2. The molecule has 0 radical (unpaired) electrons. The molecule has 0 saturated carbocycles. The topological polar surface area (TPSA) is 72.3 Å². The summed E-state index contributed by atoms with van der Waals surface area (Å²) in [5.74, 6) is 2.20. The van der Waals surface area contributed by atoms with Gasteiger partial charge in [-0.25, -0.2) is 0 Å². The predicted molar refractivity (Wildman–Crippen MR) is 128 cm³/mol. The van der Waals surface area contributed by atoms with Crippen molar-refractivity contribution < 1.29 is 4.74 Å². The third-order valence-electron chi connectivity index (χ3n) is 6.29. The van der Waals surface area contributed by atoms with Gasteiger partial charge < -0.3 is 19.5 Å². The van der Waals surface area contributed by atoms with Gasteiger partial charge in [-0.05, 0) is 49.5 Å². The largest absolute Gasteiger partial charge is 0.480 e. The summed E-state index contributed by atoms with van der Waals surface area (Å²) in [4.78, 5) is 24.7. The maximum atomic E-state index is 12.1. The van der Waals surface area contributed by atoms with Crippen LogP contribution in [0, 0.1) is 5.92 Å². The Hall–Kier alpha value is -2.13. The SMILES string of the molecule is Cn1c(=O)ccc2ncc(Cl)c(CCN3CC[C@H](CNCc4cc5c(cn4)OCS5)C3)c21. The van der Waals surface area contributed by atoms with Crippen molar-refractivity contribution in [2.75, 3.05) is 32.1 Å². The van der Waals surface area contributed by atoms with Crippen molar-refractivity contribution in [1.82, 2.24) is 24.8 Å². The fourth-order valence-electron chi connectivity index (χ4n) is 4.54. The fourth-order valence-corrected chi connectivity index (χ4v) is 5.55. The van der Waals surface area contributed by atoms with Gasteiger partial charge in [0.15, 0.2) is 5.75 Å². The summed E-state index contributed by atoms with van der Waals surface area (Å²) in [6.07, 6.45) is 5.50. The average molecular weight is 472 g/mol. The molecule has 0 bridgehead atoms. The van der Waals surface area contributed by atoms with Crippen molar-refractivity contribution in [3.8, 4) is 5.75 Å². The summed E-state index contributed by atoms with van der Waals surface area (Å²) in [5, 5.41) is 4.20. The Kier molecular flexibility index (Phi) is 6.37. The monoisotopic (exact) mass is 471 g/mol. The molecule has 5 heterocycles. The second kappa shape index (κ2) is 9.39. The smallest absolute Gasteiger partial charge is 0.250 e. The Morgan fingerprint density at radius 3 is 3.12 bits per heavy atom.